The van der Waals surface area contributed by atoms with Gasteiger partial charge in [-0.25, -0.2) is 0 Å². The van der Waals surface area contributed by atoms with Gasteiger partial charge in [-0.3, -0.25) is 4.79 Å². The van der Waals surface area contributed by atoms with Gasteiger partial charge in [0, 0.05) is 12.6 Å². The Morgan fingerprint density at radius 1 is 0.853 bits per heavy atom. The van der Waals surface area contributed by atoms with Crippen molar-refractivity contribution in [2.24, 2.45) is 0 Å². The summed E-state index contributed by atoms with van der Waals surface area (Å²) in [6.07, 6.45) is 2.13. The number of likely N-dealkylation sites (N-methyl/N-ethyl adjacent to an activating group) is 1. The molecule has 0 N–H and O–H groups in total. The van der Waals surface area contributed by atoms with Crippen LogP contribution in [-0.2, 0) is 21.4 Å². The van der Waals surface area contributed by atoms with E-state index in [0.29, 0.717) is 29.4 Å². The lowest BCUT2D eigenvalue weighted by Gasteiger charge is -2.43. The summed E-state index contributed by atoms with van der Waals surface area (Å²) in [5.41, 5.74) is 1.12. The lowest BCUT2D eigenvalue weighted by Crippen LogP contribution is -2.54. The van der Waals surface area contributed by atoms with Gasteiger partial charge < -0.3 is 28.6 Å². The highest BCUT2D eigenvalue weighted by atomic mass is 16.5. The molecule has 0 heterocycles. The Kier molecular flexibility index (Phi) is 10.1. The third-order valence-electron chi connectivity index (χ3n) is 6.69. The largest absolute Gasteiger partial charge is 0.493 e. The topological polar surface area (TPSA) is 66.5 Å². The number of hydrogen-bond acceptors (Lipinski definition) is 7. The Labute approximate surface area is 203 Å². The van der Waals surface area contributed by atoms with Crippen LogP contribution >= 0.6 is 0 Å². The maximum absolute atomic E-state index is 13.4. The van der Waals surface area contributed by atoms with Gasteiger partial charge in [-0.2, -0.15) is 0 Å². The van der Waals surface area contributed by atoms with Crippen molar-refractivity contribution in [1.29, 1.82) is 0 Å². The molecular formula is C27H39NO6. The Hall–Kier alpha value is -2.93. The molecule has 2 atom stereocenters. The summed E-state index contributed by atoms with van der Waals surface area (Å²) in [6, 6.07) is 11.5. The lowest BCUT2D eigenvalue weighted by molar-refractivity contribution is -0.151. The Balaban J connectivity index is 2.42. The standard InChI is InChI=1S/C27H39NO6/c1-9-25(28(3)16-15-19-11-13-21(30-4)23(17-19)32-6)27(10-2,26(29)34-8)20-12-14-22(31-5)24(18-20)33-7/h11-14,17-18,25H,9-10,15-16H2,1-8H3/t25-,27?/m0/s1. The first kappa shape index (κ1) is 27.3. The van der Waals surface area contributed by atoms with Crippen LogP contribution in [0.4, 0.5) is 0 Å². The molecule has 34 heavy (non-hydrogen) atoms. The highest BCUT2D eigenvalue weighted by molar-refractivity contribution is 5.84. The van der Waals surface area contributed by atoms with Gasteiger partial charge in [-0.1, -0.05) is 26.0 Å². The molecule has 0 bridgehead atoms. The monoisotopic (exact) mass is 473 g/mol. The predicted molar refractivity (Wildman–Crippen MR) is 133 cm³/mol. The number of nitrogens with zero attached hydrogens (tertiary/aromatic N) is 1. The van der Waals surface area contributed by atoms with E-state index in [1.54, 1.807) is 28.4 Å². The van der Waals surface area contributed by atoms with Crippen molar-refractivity contribution in [2.45, 2.75) is 44.6 Å². The molecule has 2 aromatic carbocycles. The third kappa shape index (κ3) is 5.41. The second-order valence-electron chi connectivity index (χ2n) is 8.23. The summed E-state index contributed by atoms with van der Waals surface area (Å²) < 4.78 is 27.1. The van der Waals surface area contributed by atoms with E-state index in [4.69, 9.17) is 23.7 Å². The van der Waals surface area contributed by atoms with Crippen LogP contribution in [0.15, 0.2) is 36.4 Å². The summed E-state index contributed by atoms with van der Waals surface area (Å²) in [7, 11) is 9.97. The van der Waals surface area contributed by atoms with Crippen LogP contribution in [0.5, 0.6) is 23.0 Å². The smallest absolute Gasteiger partial charge is 0.317 e. The first-order valence-electron chi connectivity index (χ1n) is 11.6. The second kappa shape index (κ2) is 12.5. The van der Waals surface area contributed by atoms with Crippen LogP contribution in [0.1, 0.15) is 37.8 Å². The molecule has 1 unspecified atom stereocenters. The minimum absolute atomic E-state index is 0.0943. The minimum atomic E-state index is -0.866. The fraction of sp³-hybridized carbons (Fsp3) is 0.519. The van der Waals surface area contributed by atoms with E-state index >= 15 is 0 Å². The van der Waals surface area contributed by atoms with E-state index in [1.165, 1.54) is 7.11 Å². The predicted octanol–water partition coefficient (Wildman–Crippen LogP) is 4.49. The van der Waals surface area contributed by atoms with Crippen molar-refractivity contribution in [1.82, 2.24) is 4.90 Å². The molecule has 0 aliphatic heterocycles. The van der Waals surface area contributed by atoms with Gasteiger partial charge in [-0.05, 0) is 61.7 Å². The number of rotatable bonds is 13. The van der Waals surface area contributed by atoms with Crippen molar-refractivity contribution in [2.75, 3.05) is 49.1 Å². The van der Waals surface area contributed by atoms with Crippen molar-refractivity contribution in [3.8, 4) is 23.0 Å². The fourth-order valence-electron chi connectivity index (χ4n) is 4.86. The van der Waals surface area contributed by atoms with Gasteiger partial charge in [0.1, 0.15) is 5.41 Å². The van der Waals surface area contributed by atoms with E-state index in [1.807, 2.05) is 43.3 Å². The zero-order valence-electron chi connectivity index (χ0n) is 21.8. The van der Waals surface area contributed by atoms with Gasteiger partial charge in [0.15, 0.2) is 23.0 Å². The lowest BCUT2D eigenvalue weighted by atomic mass is 9.70. The molecule has 0 fully saturated rings. The minimum Gasteiger partial charge on any atom is -0.493 e. The summed E-state index contributed by atoms with van der Waals surface area (Å²) in [5, 5.41) is 0. The molecule has 2 aromatic rings. The van der Waals surface area contributed by atoms with E-state index in [2.05, 4.69) is 18.9 Å². The average Bonchev–Trinajstić information content (AvgIpc) is 2.89. The molecule has 0 saturated heterocycles. The average molecular weight is 474 g/mol. The maximum atomic E-state index is 13.4. The van der Waals surface area contributed by atoms with Crippen LogP contribution in [0.2, 0.25) is 0 Å². The zero-order chi connectivity index (χ0) is 25.3. The normalized spacial score (nSPS) is 13.7. The molecule has 0 aliphatic rings. The molecule has 0 amide bonds. The van der Waals surface area contributed by atoms with Crippen LogP contribution in [0.25, 0.3) is 0 Å². The zero-order valence-corrected chi connectivity index (χ0v) is 21.8. The summed E-state index contributed by atoms with van der Waals surface area (Å²) in [6.45, 7) is 4.88. The fourth-order valence-corrected chi connectivity index (χ4v) is 4.86. The van der Waals surface area contributed by atoms with Crippen molar-refractivity contribution >= 4 is 5.97 Å². The van der Waals surface area contributed by atoms with Gasteiger partial charge in [0.25, 0.3) is 0 Å². The van der Waals surface area contributed by atoms with Crippen molar-refractivity contribution in [3.05, 3.63) is 47.5 Å². The second-order valence-corrected chi connectivity index (χ2v) is 8.23. The SMILES string of the molecule is CC[C@H](N(C)CCc1ccc(OC)c(OC)c1)C(CC)(C(=O)OC)c1ccc(OC)c(OC)c1. The number of hydrogen-bond donors (Lipinski definition) is 0. The highest BCUT2D eigenvalue weighted by Crippen LogP contribution is 2.41. The number of carbonyl (C=O) groups excluding carboxylic acids is 1. The van der Waals surface area contributed by atoms with Crippen LogP contribution in [0.3, 0.4) is 0 Å². The summed E-state index contributed by atoms with van der Waals surface area (Å²) in [5.74, 6) is 2.36. The first-order chi connectivity index (χ1) is 16.4. The van der Waals surface area contributed by atoms with Gasteiger partial charge >= 0.3 is 5.97 Å². The molecule has 2 rings (SSSR count). The Bertz CT molecular complexity index is 947. The van der Waals surface area contributed by atoms with E-state index in [-0.39, 0.29) is 12.0 Å². The molecule has 0 aliphatic carbocycles. The molecule has 188 valence electrons. The molecule has 7 heteroatoms. The molecule has 0 aromatic heterocycles. The molecule has 7 nitrogen and oxygen atoms in total. The van der Waals surface area contributed by atoms with Crippen LogP contribution in [0, 0.1) is 0 Å². The molecular weight excluding hydrogens is 434 g/mol. The van der Waals surface area contributed by atoms with E-state index in [0.717, 1.165) is 30.5 Å². The number of benzene rings is 2. The molecule has 0 spiro atoms. The number of esters is 1. The number of ether oxygens (including phenoxy) is 5. The summed E-state index contributed by atoms with van der Waals surface area (Å²) in [4.78, 5) is 15.6. The first-order valence-corrected chi connectivity index (χ1v) is 11.6. The van der Waals surface area contributed by atoms with Gasteiger partial charge in [0.05, 0.1) is 35.5 Å². The number of methoxy groups -OCH3 is 5. The Morgan fingerprint density at radius 3 is 1.91 bits per heavy atom. The highest BCUT2D eigenvalue weighted by Gasteiger charge is 2.48. The summed E-state index contributed by atoms with van der Waals surface area (Å²) >= 11 is 0. The van der Waals surface area contributed by atoms with Gasteiger partial charge in [-0.15, -0.1) is 0 Å². The molecule has 0 saturated carbocycles. The van der Waals surface area contributed by atoms with Crippen LogP contribution in [-0.4, -0.2) is 66.1 Å². The van der Waals surface area contributed by atoms with Crippen molar-refractivity contribution < 1.29 is 28.5 Å². The van der Waals surface area contributed by atoms with Gasteiger partial charge in [0.2, 0.25) is 0 Å². The quantitative estimate of drug-likeness (QED) is 0.397. The maximum Gasteiger partial charge on any atom is 0.317 e. The third-order valence-corrected chi connectivity index (χ3v) is 6.69. The Morgan fingerprint density at radius 2 is 1.41 bits per heavy atom. The molecule has 0 radical (unpaired) electrons. The van der Waals surface area contributed by atoms with E-state index in [9.17, 15) is 4.79 Å². The van der Waals surface area contributed by atoms with E-state index < -0.39 is 5.41 Å². The number of carbonyl (C=O) groups is 1. The van der Waals surface area contributed by atoms with Crippen LogP contribution < -0.4 is 18.9 Å². The van der Waals surface area contributed by atoms with Crippen molar-refractivity contribution in [3.63, 3.8) is 0 Å².